The maximum Gasteiger partial charge on any atom is 0.251 e. The van der Waals surface area contributed by atoms with Crippen molar-refractivity contribution in [1.29, 1.82) is 0 Å². The SMILES string of the molecule is Cc1cc(CNC(=O)c2cccc(F)c2)c(C)n1C1CC1. The van der Waals surface area contributed by atoms with Gasteiger partial charge in [-0.2, -0.15) is 0 Å². The van der Waals surface area contributed by atoms with Crippen LogP contribution >= 0.6 is 0 Å². The molecule has 21 heavy (non-hydrogen) atoms. The predicted molar refractivity (Wildman–Crippen MR) is 79.7 cm³/mol. The first-order valence-corrected chi connectivity index (χ1v) is 7.27. The van der Waals surface area contributed by atoms with Crippen LogP contribution in [0.5, 0.6) is 0 Å². The number of nitrogens with zero attached hydrogens (tertiary/aromatic N) is 1. The number of benzene rings is 1. The van der Waals surface area contributed by atoms with Gasteiger partial charge in [-0.15, -0.1) is 0 Å². The molecular formula is C17H19FN2O. The van der Waals surface area contributed by atoms with Gasteiger partial charge in [0.25, 0.3) is 5.91 Å². The molecule has 1 aliphatic carbocycles. The average molecular weight is 286 g/mol. The molecule has 4 heteroatoms. The molecule has 0 aliphatic heterocycles. The first kappa shape index (κ1) is 13.9. The minimum atomic E-state index is -0.394. The fourth-order valence-electron chi connectivity index (χ4n) is 2.83. The van der Waals surface area contributed by atoms with Gasteiger partial charge in [0, 0.05) is 29.5 Å². The number of nitrogens with one attached hydrogen (secondary N) is 1. The Morgan fingerprint density at radius 3 is 2.76 bits per heavy atom. The van der Waals surface area contributed by atoms with Gasteiger partial charge in [-0.25, -0.2) is 4.39 Å². The highest BCUT2D eigenvalue weighted by atomic mass is 19.1. The third-order valence-corrected chi connectivity index (χ3v) is 4.03. The molecule has 1 aromatic carbocycles. The van der Waals surface area contributed by atoms with Crippen LogP contribution in [0.4, 0.5) is 4.39 Å². The number of amides is 1. The summed E-state index contributed by atoms with van der Waals surface area (Å²) >= 11 is 0. The van der Waals surface area contributed by atoms with Crippen LogP contribution in [0.1, 0.15) is 46.2 Å². The molecule has 1 aromatic heterocycles. The summed E-state index contributed by atoms with van der Waals surface area (Å²) in [5.74, 6) is -0.639. The third-order valence-electron chi connectivity index (χ3n) is 4.03. The summed E-state index contributed by atoms with van der Waals surface area (Å²) in [5, 5.41) is 2.86. The lowest BCUT2D eigenvalue weighted by Crippen LogP contribution is -2.23. The lowest BCUT2D eigenvalue weighted by atomic mass is 10.2. The zero-order valence-corrected chi connectivity index (χ0v) is 12.3. The molecular weight excluding hydrogens is 267 g/mol. The van der Waals surface area contributed by atoms with E-state index in [-0.39, 0.29) is 5.91 Å². The van der Waals surface area contributed by atoms with Gasteiger partial charge < -0.3 is 9.88 Å². The zero-order chi connectivity index (χ0) is 15.0. The molecule has 0 radical (unpaired) electrons. The topological polar surface area (TPSA) is 34.0 Å². The molecule has 0 bridgehead atoms. The van der Waals surface area contributed by atoms with E-state index in [9.17, 15) is 9.18 Å². The summed E-state index contributed by atoms with van der Waals surface area (Å²) in [6.07, 6.45) is 2.48. The molecule has 3 rings (SSSR count). The van der Waals surface area contributed by atoms with Gasteiger partial charge in [-0.3, -0.25) is 4.79 Å². The van der Waals surface area contributed by atoms with E-state index in [1.54, 1.807) is 12.1 Å². The highest BCUT2D eigenvalue weighted by molar-refractivity contribution is 5.94. The Morgan fingerprint density at radius 2 is 2.10 bits per heavy atom. The Balaban J connectivity index is 1.70. The highest BCUT2D eigenvalue weighted by Gasteiger charge is 2.26. The molecule has 1 N–H and O–H groups in total. The van der Waals surface area contributed by atoms with E-state index in [0.717, 1.165) is 5.56 Å². The van der Waals surface area contributed by atoms with Crippen molar-refractivity contribution < 1.29 is 9.18 Å². The molecule has 0 unspecified atom stereocenters. The Labute approximate surface area is 123 Å². The summed E-state index contributed by atoms with van der Waals surface area (Å²) in [5.41, 5.74) is 3.94. The van der Waals surface area contributed by atoms with Crippen molar-refractivity contribution in [2.24, 2.45) is 0 Å². The van der Waals surface area contributed by atoms with E-state index in [1.165, 1.54) is 36.4 Å². The molecule has 0 spiro atoms. The molecule has 1 saturated carbocycles. The van der Waals surface area contributed by atoms with Gasteiger partial charge in [0.2, 0.25) is 0 Å². The molecule has 2 aromatic rings. The number of carbonyl (C=O) groups is 1. The van der Waals surface area contributed by atoms with E-state index in [1.807, 2.05) is 0 Å². The van der Waals surface area contributed by atoms with Gasteiger partial charge in [0.1, 0.15) is 5.82 Å². The van der Waals surface area contributed by atoms with E-state index < -0.39 is 5.82 Å². The van der Waals surface area contributed by atoms with E-state index in [0.29, 0.717) is 18.2 Å². The molecule has 1 aliphatic rings. The largest absolute Gasteiger partial charge is 0.348 e. The lowest BCUT2D eigenvalue weighted by Gasteiger charge is -2.09. The number of halogens is 1. The molecule has 0 saturated heterocycles. The molecule has 1 amide bonds. The Hall–Kier alpha value is -2.10. The first-order chi connectivity index (χ1) is 10.1. The van der Waals surface area contributed by atoms with Crippen LogP contribution < -0.4 is 5.32 Å². The predicted octanol–water partition coefficient (Wildman–Crippen LogP) is 3.51. The normalized spacial score (nSPS) is 14.2. The number of hydrogen-bond donors (Lipinski definition) is 1. The Bertz CT molecular complexity index is 686. The van der Waals surface area contributed by atoms with Gasteiger partial charge in [0.05, 0.1) is 0 Å². The summed E-state index contributed by atoms with van der Waals surface area (Å²) in [6, 6.07) is 8.51. The van der Waals surface area contributed by atoms with Crippen molar-refractivity contribution in [2.75, 3.05) is 0 Å². The monoisotopic (exact) mass is 286 g/mol. The quantitative estimate of drug-likeness (QED) is 0.917. The fraction of sp³-hybridized carbons (Fsp3) is 0.353. The van der Waals surface area contributed by atoms with Crippen LogP contribution in [0, 0.1) is 19.7 Å². The van der Waals surface area contributed by atoms with Gasteiger partial charge in [-0.05, 0) is 56.5 Å². The van der Waals surface area contributed by atoms with Crippen LogP contribution in [0.2, 0.25) is 0 Å². The van der Waals surface area contributed by atoms with Crippen LogP contribution in [0.25, 0.3) is 0 Å². The minimum Gasteiger partial charge on any atom is -0.348 e. The summed E-state index contributed by atoms with van der Waals surface area (Å²) in [6.45, 7) is 4.67. The average Bonchev–Trinajstić information content (AvgIpc) is 3.23. The molecule has 1 fully saturated rings. The van der Waals surface area contributed by atoms with Crippen molar-refractivity contribution in [3.63, 3.8) is 0 Å². The Kier molecular flexibility index (Phi) is 3.53. The van der Waals surface area contributed by atoms with Crippen LogP contribution in [0.3, 0.4) is 0 Å². The van der Waals surface area contributed by atoms with Crippen molar-refractivity contribution in [3.8, 4) is 0 Å². The Morgan fingerprint density at radius 1 is 1.33 bits per heavy atom. The summed E-state index contributed by atoms with van der Waals surface area (Å²) in [4.78, 5) is 12.0. The van der Waals surface area contributed by atoms with Gasteiger partial charge in [0.15, 0.2) is 0 Å². The minimum absolute atomic E-state index is 0.245. The van der Waals surface area contributed by atoms with Crippen LogP contribution in [0.15, 0.2) is 30.3 Å². The van der Waals surface area contributed by atoms with Gasteiger partial charge >= 0.3 is 0 Å². The second-order valence-electron chi connectivity index (χ2n) is 5.69. The standard InChI is InChI=1S/C17H19FN2O/c1-11-8-14(12(2)20(11)16-6-7-16)10-19-17(21)13-4-3-5-15(18)9-13/h3-5,8-9,16H,6-7,10H2,1-2H3,(H,19,21). The van der Waals surface area contributed by atoms with Crippen molar-refractivity contribution in [3.05, 3.63) is 58.7 Å². The smallest absolute Gasteiger partial charge is 0.251 e. The zero-order valence-electron chi connectivity index (χ0n) is 12.3. The second-order valence-corrected chi connectivity index (χ2v) is 5.69. The number of aromatic nitrogens is 1. The van der Waals surface area contributed by atoms with Crippen LogP contribution in [-0.4, -0.2) is 10.5 Å². The van der Waals surface area contributed by atoms with Crippen LogP contribution in [-0.2, 0) is 6.54 Å². The van der Waals surface area contributed by atoms with E-state index >= 15 is 0 Å². The summed E-state index contributed by atoms with van der Waals surface area (Å²) < 4.78 is 15.5. The number of hydrogen-bond acceptors (Lipinski definition) is 1. The number of aryl methyl sites for hydroxylation is 1. The fourth-order valence-corrected chi connectivity index (χ4v) is 2.83. The molecule has 0 atom stereocenters. The number of carbonyl (C=O) groups excluding carboxylic acids is 1. The van der Waals surface area contributed by atoms with Crippen molar-refractivity contribution >= 4 is 5.91 Å². The first-order valence-electron chi connectivity index (χ1n) is 7.27. The molecule has 110 valence electrons. The molecule has 3 nitrogen and oxygen atoms in total. The third kappa shape index (κ3) is 2.84. The lowest BCUT2D eigenvalue weighted by molar-refractivity contribution is 0.0950. The maximum absolute atomic E-state index is 13.1. The number of rotatable bonds is 4. The highest BCUT2D eigenvalue weighted by Crippen LogP contribution is 2.38. The second kappa shape index (κ2) is 5.35. The van der Waals surface area contributed by atoms with Gasteiger partial charge in [-0.1, -0.05) is 6.07 Å². The molecule has 1 heterocycles. The summed E-state index contributed by atoms with van der Waals surface area (Å²) in [7, 11) is 0. The van der Waals surface area contributed by atoms with E-state index in [2.05, 4.69) is 29.8 Å². The van der Waals surface area contributed by atoms with Crippen molar-refractivity contribution in [1.82, 2.24) is 9.88 Å². The van der Waals surface area contributed by atoms with Crippen molar-refractivity contribution in [2.45, 2.75) is 39.3 Å². The van der Waals surface area contributed by atoms with E-state index in [4.69, 9.17) is 0 Å². The maximum atomic E-state index is 13.1.